The fourth-order valence-corrected chi connectivity index (χ4v) is 8.18. The molecule has 0 aliphatic heterocycles. The van der Waals surface area contributed by atoms with Crippen LogP contribution in [0.4, 0.5) is 0 Å². The predicted molar refractivity (Wildman–Crippen MR) is 172 cm³/mol. The van der Waals surface area contributed by atoms with Crippen molar-refractivity contribution in [2.75, 3.05) is 0 Å². The first-order chi connectivity index (χ1) is 20.5. The van der Waals surface area contributed by atoms with Crippen LogP contribution < -0.4 is 0 Å². The summed E-state index contributed by atoms with van der Waals surface area (Å²) in [6.07, 6.45) is 2.47. The summed E-state index contributed by atoms with van der Waals surface area (Å²) >= 11 is 0. The minimum Gasteiger partial charge on any atom is -0.512 e. The maximum Gasteiger partial charge on any atom is 0.163 e. The van der Waals surface area contributed by atoms with E-state index in [1.807, 2.05) is 55.4 Å². The second-order valence-electron chi connectivity index (χ2n) is 17.2. The summed E-state index contributed by atoms with van der Waals surface area (Å²) in [6.45, 7) is 15.2. The molecule has 0 heterocycles. The van der Waals surface area contributed by atoms with Gasteiger partial charge in [0.1, 0.15) is 23.0 Å². The van der Waals surface area contributed by atoms with Crippen LogP contribution in [0.1, 0.15) is 126 Å². The fraction of sp³-hybridized carbons (Fsp3) is 0.676. The Morgan fingerprint density at radius 2 is 0.622 bits per heavy atom. The average molecular weight is 625 g/mol. The summed E-state index contributed by atoms with van der Waals surface area (Å²) in [5.41, 5.74) is -1.21. The summed E-state index contributed by atoms with van der Waals surface area (Å²) in [5, 5.41) is 44.7. The second-order valence-corrected chi connectivity index (χ2v) is 17.2. The Hall–Kier alpha value is -3.16. The van der Waals surface area contributed by atoms with E-state index in [-0.39, 0.29) is 139 Å². The van der Waals surface area contributed by atoms with Gasteiger partial charge in [0, 0.05) is 85.5 Å². The van der Waals surface area contributed by atoms with Gasteiger partial charge < -0.3 is 20.4 Å². The van der Waals surface area contributed by atoms with Gasteiger partial charge in [-0.25, -0.2) is 0 Å². The molecule has 0 bridgehead atoms. The molecule has 0 spiro atoms. The molecule has 4 aliphatic rings. The summed E-state index contributed by atoms with van der Waals surface area (Å²) in [7, 11) is 0. The number of carbonyl (C=O) groups excluding carboxylic acids is 4. The van der Waals surface area contributed by atoms with Crippen LogP contribution in [0, 0.1) is 33.5 Å². The topological polar surface area (TPSA) is 149 Å². The van der Waals surface area contributed by atoms with Crippen molar-refractivity contribution in [3.63, 3.8) is 0 Å². The number of Topliss-reactive ketones (excluding diaryl/α,β-unsaturated/α-hetero) is 4. The molecular weight excluding hydrogens is 572 g/mol. The van der Waals surface area contributed by atoms with Crippen LogP contribution in [-0.2, 0) is 19.2 Å². The maximum atomic E-state index is 13.5. The smallest absolute Gasteiger partial charge is 0.163 e. The number of hydrogen-bond donors (Lipinski definition) is 4. The molecule has 0 aromatic heterocycles. The highest BCUT2D eigenvalue weighted by atomic mass is 16.3. The summed E-state index contributed by atoms with van der Waals surface area (Å²) in [5.74, 6) is -3.09. The van der Waals surface area contributed by atoms with Crippen LogP contribution in [-0.4, -0.2) is 43.6 Å². The van der Waals surface area contributed by atoms with Crippen LogP contribution in [0.5, 0.6) is 0 Å². The van der Waals surface area contributed by atoms with Crippen molar-refractivity contribution in [3.05, 3.63) is 45.3 Å². The standard InChI is InChI=1S/C37H52O8/c1-34(2)12-22(38)30(23(39)13-34)20(31-24(40)14-35(3,4)15-25(31)41)10-9-11-21(32-26(42)16-36(5,6)17-27(32)43)33-28(44)18-37(7,8)19-29(33)45/h20-21,38,40,42,44H,9-19H2,1-8H3. The molecule has 0 unspecified atom stereocenters. The SMILES string of the molecule is CC1(C)CC(=O)C(C(CCCC(C2=C(O)CC(C)(C)CC2=O)C2=C(O)CC(C)(C)CC2=O)C2=C(O)CC(C)(C)CC2=O)=C(O)C1. The molecule has 8 heteroatoms. The van der Waals surface area contributed by atoms with Crippen LogP contribution in [0.15, 0.2) is 45.3 Å². The highest BCUT2D eigenvalue weighted by Crippen LogP contribution is 2.48. The van der Waals surface area contributed by atoms with E-state index in [9.17, 15) is 39.6 Å². The van der Waals surface area contributed by atoms with Crippen LogP contribution in [0.25, 0.3) is 0 Å². The lowest BCUT2D eigenvalue weighted by molar-refractivity contribution is -0.121. The first kappa shape index (κ1) is 34.7. The van der Waals surface area contributed by atoms with Crippen molar-refractivity contribution in [3.8, 4) is 0 Å². The third kappa shape index (κ3) is 7.47. The Morgan fingerprint density at radius 3 is 0.800 bits per heavy atom. The Balaban J connectivity index is 1.76. The Labute approximate surface area is 267 Å². The van der Waals surface area contributed by atoms with Crippen molar-refractivity contribution < 1.29 is 39.6 Å². The summed E-state index contributed by atoms with van der Waals surface area (Å²) < 4.78 is 0. The predicted octanol–water partition coefficient (Wildman–Crippen LogP) is 8.19. The molecule has 248 valence electrons. The highest BCUT2D eigenvalue weighted by Gasteiger charge is 2.45. The van der Waals surface area contributed by atoms with E-state index in [1.54, 1.807) is 0 Å². The summed E-state index contributed by atoms with van der Waals surface area (Å²) in [6, 6.07) is 0. The van der Waals surface area contributed by atoms with Crippen LogP contribution in [0.3, 0.4) is 0 Å². The molecule has 0 atom stereocenters. The molecule has 8 nitrogen and oxygen atoms in total. The van der Waals surface area contributed by atoms with E-state index >= 15 is 0 Å². The average Bonchev–Trinajstić information content (AvgIpc) is 2.78. The maximum absolute atomic E-state index is 13.5. The van der Waals surface area contributed by atoms with Crippen molar-refractivity contribution in [2.24, 2.45) is 33.5 Å². The number of ketones is 4. The van der Waals surface area contributed by atoms with Gasteiger partial charge in [0.15, 0.2) is 23.1 Å². The molecule has 0 saturated carbocycles. The Bertz CT molecular complexity index is 1230. The minimum atomic E-state index is -0.856. The van der Waals surface area contributed by atoms with E-state index in [4.69, 9.17) is 0 Å². The number of hydrogen-bond acceptors (Lipinski definition) is 8. The van der Waals surface area contributed by atoms with Gasteiger partial charge in [0.2, 0.25) is 0 Å². The zero-order valence-corrected chi connectivity index (χ0v) is 28.4. The Kier molecular flexibility index (Phi) is 9.17. The number of rotatable bonds is 8. The van der Waals surface area contributed by atoms with E-state index in [2.05, 4.69) is 0 Å². The molecule has 45 heavy (non-hydrogen) atoms. The monoisotopic (exact) mass is 624 g/mol. The zero-order valence-electron chi connectivity index (χ0n) is 28.4. The highest BCUT2D eigenvalue weighted by molar-refractivity contribution is 6.05. The van der Waals surface area contributed by atoms with Crippen LogP contribution >= 0.6 is 0 Å². The molecule has 0 amide bonds. The quantitative estimate of drug-likeness (QED) is 0.211. The van der Waals surface area contributed by atoms with E-state index in [0.717, 1.165) is 0 Å². The molecular formula is C37H52O8. The zero-order chi connectivity index (χ0) is 33.9. The van der Waals surface area contributed by atoms with Gasteiger partial charge >= 0.3 is 0 Å². The summed E-state index contributed by atoms with van der Waals surface area (Å²) in [4.78, 5) is 54.1. The van der Waals surface area contributed by atoms with Crippen molar-refractivity contribution in [1.29, 1.82) is 0 Å². The lowest BCUT2D eigenvalue weighted by Gasteiger charge is -2.37. The molecule has 0 aromatic carbocycles. The molecule has 4 aliphatic carbocycles. The molecule has 4 N–H and O–H groups in total. The van der Waals surface area contributed by atoms with Gasteiger partial charge in [-0.05, 0) is 34.5 Å². The van der Waals surface area contributed by atoms with Gasteiger partial charge in [-0.15, -0.1) is 0 Å². The first-order valence-electron chi connectivity index (χ1n) is 16.3. The largest absolute Gasteiger partial charge is 0.512 e. The van der Waals surface area contributed by atoms with Gasteiger partial charge in [-0.1, -0.05) is 61.8 Å². The van der Waals surface area contributed by atoms with E-state index in [1.165, 1.54) is 0 Å². The number of aliphatic hydroxyl groups is 4. The molecule has 4 rings (SSSR count). The van der Waals surface area contributed by atoms with Gasteiger partial charge in [-0.2, -0.15) is 0 Å². The lowest BCUT2D eigenvalue weighted by atomic mass is 9.66. The Morgan fingerprint density at radius 1 is 0.422 bits per heavy atom. The van der Waals surface area contributed by atoms with Gasteiger partial charge in [0.05, 0.1) is 0 Å². The normalized spacial score (nSPS) is 25.3. The number of allylic oxidation sites excluding steroid dienone is 8. The molecule has 0 fully saturated rings. The minimum absolute atomic E-state index is 0.0779. The second kappa shape index (κ2) is 11.9. The van der Waals surface area contributed by atoms with Gasteiger partial charge in [0.25, 0.3) is 0 Å². The third-order valence-electron chi connectivity index (χ3n) is 9.97. The van der Waals surface area contributed by atoms with E-state index < -0.39 is 33.5 Å². The fourth-order valence-electron chi connectivity index (χ4n) is 8.18. The van der Waals surface area contributed by atoms with E-state index in [0.29, 0.717) is 0 Å². The number of carbonyl (C=O) groups is 4. The van der Waals surface area contributed by atoms with Gasteiger partial charge in [-0.3, -0.25) is 19.2 Å². The van der Waals surface area contributed by atoms with Crippen molar-refractivity contribution in [2.45, 2.75) is 126 Å². The molecule has 0 saturated heterocycles. The third-order valence-corrected chi connectivity index (χ3v) is 9.97. The van der Waals surface area contributed by atoms with Crippen molar-refractivity contribution >= 4 is 23.1 Å². The lowest BCUT2D eigenvalue weighted by Crippen LogP contribution is -2.35. The first-order valence-corrected chi connectivity index (χ1v) is 16.3. The molecule has 0 aromatic rings. The number of aliphatic hydroxyl groups excluding tert-OH is 4. The van der Waals surface area contributed by atoms with Crippen LogP contribution in [0.2, 0.25) is 0 Å². The van der Waals surface area contributed by atoms with Crippen molar-refractivity contribution in [1.82, 2.24) is 0 Å². The molecule has 0 radical (unpaired) electrons.